The number of likely N-dealkylation sites (N-methyl/N-ethyl adjacent to an activating group) is 1. The number of para-hydroxylation sites is 1. The van der Waals surface area contributed by atoms with E-state index in [1.807, 2.05) is 6.92 Å². The monoisotopic (exact) mass is 534 g/mol. The molecule has 0 aliphatic carbocycles. The maximum atomic E-state index is 14.7. The van der Waals surface area contributed by atoms with E-state index in [9.17, 15) is 19.6 Å². The van der Waals surface area contributed by atoms with Gasteiger partial charge >= 0.3 is 0 Å². The summed E-state index contributed by atoms with van der Waals surface area (Å²) in [5, 5.41) is 20.8. The second-order valence-corrected chi connectivity index (χ2v) is 10.6. The van der Waals surface area contributed by atoms with Gasteiger partial charge in [-0.1, -0.05) is 12.6 Å². The number of aromatic hydroxyl groups is 1. The number of aromatic nitrogens is 1. The van der Waals surface area contributed by atoms with E-state index in [0.29, 0.717) is 50.5 Å². The first-order valence-electron chi connectivity index (χ1n) is 13.5. The number of hydrogen-bond donors (Lipinski definition) is 1. The van der Waals surface area contributed by atoms with Crippen LogP contribution in [-0.2, 0) is 17.8 Å². The smallest absolute Gasteiger partial charge is 0.246 e. The normalized spacial score (nSPS) is 21.4. The lowest BCUT2D eigenvalue weighted by atomic mass is 9.96. The van der Waals surface area contributed by atoms with Gasteiger partial charge in [-0.25, -0.2) is 9.37 Å². The summed E-state index contributed by atoms with van der Waals surface area (Å²) in [4.78, 5) is 25.1. The van der Waals surface area contributed by atoms with Gasteiger partial charge in [-0.15, -0.1) is 0 Å². The number of phenolic OH excluding ortho intramolecular Hbond substituents is 1. The van der Waals surface area contributed by atoms with Crippen molar-refractivity contribution in [2.24, 2.45) is 0 Å². The molecule has 2 fully saturated rings. The third-order valence-electron chi connectivity index (χ3n) is 8.17. The topological polar surface area (TPSA) is 96.2 Å². The minimum absolute atomic E-state index is 0.0521. The number of phenols is 1. The van der Waals surface area contributed by atoms with E-state index >= 15 is 0 Å². The van der Waals surface area contributed by atoms with E-state index in [2.05, 4.69) is 29.5 Å². The van der Waals surface area contributed by atoms with Gasteiger partial charge < -0.3 is 29.4 Å². The second kappa shape index (κ2) is 11.1. The number of anilines is 2. The van der Waals surface area contributed by atoms with E-state index in [0.717, 1.165) is 30.6 Å². The first-order chi connectivity index (χ1) is 18.8. The Kier molecular flexibility index (Phi) is 7.62. The third kappa shape index (κ3) is 5.11. The summed E-state index contributed by atoms with van der Waals surface area (Å²) < 4.78 is 21.0. The van der Waals surface area contributed by atoms with E-state index in [1.54, 1.807) is 9.80 Å². The van der Waals surface area contributed by atoms with Gasteiger partial charge in [-0.3, -0.25) is 4.79 Å². The number of piperazine rings is 1. The lowest BCUT2D eigenvalue weighted by Crippen LogP contribution is -2.54. The van der Waals surface area contributed by atoms with Gasteiger partial charge in [0.2, 0.25) is 11.8 Å². The van der Waals surface area contributed by atoms with Crippen LogP contribution in [0.3, 0.4) is 0 Å². The first-order valence-corrected chi connectivity index (χ1v) is 13.5. The quantitative estimate of drug-likeness (QED) is 0.565. The third-order valence-corrected chi connectivity index (χ3v) is 8.17. The van der Waals surface area contributed by atoms with E-state index < -0.39 is 5.82 Å². The van der Waals surface area contributed by atoms with Gasteiger partial charge in [0.15, 0.2) is 0 Å². The summed E-state index contributed by atoms with van der Waals surface area (Å²) in [6, 6.07) is 6.86. The number of carbonyl (C=O) groups excluding carboxylic acids is 1. The maximum Gasteiger partial charge on any atom is 0.246 e. The average Bonchev–Trinajstić information content (AvgIpc) is 3.34. The molecular formula is C29H35FN6O3. The average molecular weight is 535 g/mol. The molecule has 2 aromatic rings. The Balaban J connectivity index is 1.54. The van der Waals surface area contributed by atoms with Gasteiger partial charge in [-0.2, -0.15) is 5.26 Å². The molecule has 0 spiro atoms. The Labute approximate surface area is 228 Å². The fourth-order valence-electron chi connectivity index (χ4n) is 6.05. The Morgan fingerprint density at radius 3 is 2.79 bits per heavy atom. The van der Waals surface area contributed by atoms with Crippen molar-refractivity contribution in [3.05, 3.63) is 53.5 Å². The maximum absolute atomic E-state index is 14.7. The van der Waals surface area contributed by atoms with Crippen molar-refractivity contribution in [2.45, 2.75) is 44.8 Å². The number of benzene rings is 1. The summed E-state index contributed by atoms with van der Waals surface area (Å²) in [7, 11) is 2.07. The number of nitriles is 1. The number of amides is 1. The van der Waals surface area contributed by atoms with Crippen LogP contribution in [0.25, 0.3) is 0 Å². The molecule has 3 aliphatic rings. The lowest BCUT2D eigenvalue weighted by Gasteiger charge is -2.43. The summed E-state index contributed by atoms with van der Waals surface area (Å²) in [6.07, 6.45) is 3.97. The molecule has 0 radical (unpaired) electrons. The highest BCUT2D eigenvalue weighted by Crippen LogP contribution is 2.40. The van der Waals surface area contributed by atoms with Gasteiger partial charge in [0.1, 0.15) is 35.5 Å². The fraction of sp³-hybridized carbons (Fsp3) is 0.483. The van der Waals surface area contributed by atoms with Crippen LogP contribution in [0.2, 0.25) is 0 Å². The van der Waals surface area contributed by atoms with Crippen LogP contribution >= 0.6 is 0 Å². The first kappa shape index (κ1) is 26.8. The van der Waals surface area contributed by atoms with Crippen molar-refractivity contribution < 1.29 is 19.0 Å². The largest absolute Gasteiger partial charge is 0.506 e. The summed E-state index contributed by atoms with van der Waals surface area (Å²) in [5.74, 6) is -0.443. The van der Waals surface area contributed by atoms with Crippen molar-refractivity contribution in [3.8, 4) is 17.7 Å². The number of rotatable bonds is 6. The number of hydrogen-bond acceptors (Lipinski definition) is 8. The zero-order valence-corrected chi connectivity index (χ0v) is 22.6. The molecule has 206 valence electrons. The minimum Gasteiger partial charge on any atom is -0.506 e. The number of halogens is 1. The van der Waals surface area contributed by atoms with Crippen LogP contribution in [0.15, 0.2) is 30.9 Å². The van der Waals surface area contributed by atoms with E-state index in [4.69, 9.17) is 9.72 Å². The molecule has 2 atom stereocenters. The molecule has 10 heteroatoms. The zero-order chi connectivity index (χ0) is 27.7. The lowest BCUT2D eigenvalue weighted by molar-refractivity contribution is -0.126. The number of pyridine rings is 1. The molecule has 1 aromatic heterocycles. The van der Waals surface area contributed by atoms with Crippen LogP contribution < -0.4 is 14.5 Å². The summed E-state index contributed by atoms with van der Waals surface area (Å²) in [5.41, 5.74) is 2.96. The Hall–Kier alpha value is -3.84. The molecule has 4 heterocycles. The molecule has 39 heavy (non-hydrogen) atoms. The second-order valence-electron chi connectivity index (χ2n) is 10.6. The number of carbonyl (C=O) groups is 1. The molecule has 0 unspecified atom stereocenters. The molecule has 1 N–H and O–H groups in total. The number of ether oxygens (including phenoxy) is 1. The van der Waals surface area contributed by atoms with Gasteiger partial charge in [-0.05, 0) is 58.0 Å². The number of likely N-dealkylation sites (tertiary alicyclic amines) is 1. The van der Waals surface area contributed by atoms with Gasteiger partial charge in [0.25, 0.3) is 0 Å². The Bertz CT molecular complexity index is 1290. The van der Waals surface area contributed by atoms with Crippen molar-refractivity contribution >= 4 is 17.3 Å². The molecule has 1 amide bonds. The molecule has 0 saturated carbocycles. The van der Waals surface area contributed by atoms with Gasteiger partial charge in [0.05, 0.1) is 17.9 Å². The minimum atomic E-state index is -0.496. The predicted octanol–water partition coefficient (Wildman–Crippen LogP) is 3.06. The fourth-order valence-corrected chi connectivity index (χ4v) is 6.05. The van der Waals surface area contributed by atoms with Crippen LogP contribution in [0, 0.1) is 17.1 Å². The predicted molar refractivity (Wildman–Crippen MR) is 147 cm³/mol. The van der Waals surface area contributed by atoms with Crippen LogP contribution in [-0.4, -0.2) is 84.3 Å². The van der Waals surface area contributed by atoms with Crippen LogP contribution in [0.1, 0.15) is 36.6 Å². The highest BCUT2D eigenvalue weighted by molar-refractivity contribution is 5.87. The SMILES string of the molecule is C=CC(=O)N1CCN(c2c(C#N)c(OC[C@@H]3CCCN3C)nc3c2CCN(c2c(O)cccc2F)C3)[C@@H](C)C1. The van der Waals surface area contributed by atoms with Crippen LogP contribution in [0.4, 0.5) is 15.8 Å². The van der Waals surface area contributed by atoms with Crippen LogP contribution in [0.5, 0.6) is 11.6 Å². The van der Waals surface area contributed by atoms with Crippen molar-refractivity contribution in [3.63, 3.8) is 0 Å². The Morgan fingerprint density at radius 2 is 2.13 bits per heavy atom. The van der Waals surface area contributed by atoms with E-state index in [1.165, 1.54) is 24.3 Å². The molecule has 3 aliphatic heterocycles. The standard InChI is InChI=1S/C29H35FN6O3/c1-4-26(38)34-13-14-36(19(2)16-34)27-21-10-12-35(28-23(30)8-5-9-25(28)37)17-24(21)32-29(22(27)15-31)39-18-20-7-6-11-33(20)3/h4-5,8-9,19-20,37H,1,6-7,10-14,16-18H2,2-3H3/t19-,20-/m0/s1. The highest BCUT2D eigenvalue weighted by atomic mass is 19.1. The molecule has 5 rings (SSSR count). The van der Waals surface area contributed by atoms with Crippen molar-refractivity contribution in [1.82, 2.24) is 14.8 Å². The number of fused-ring (bicyclic) bond motifs is 1. The molecule has 1 aromatic carbocycles. The molecule has 2 saturated heterocycles. The summed E-state index contributed by atoms with van der Waals surface area (Å²) in [6.45, 7) is 9.37. The van der Waals surface area contributed by atoms with Crippen molar-refractivity contribution in [2.75, 3.05) is 56.2 Å². The molecule has 0 bridgehead atoms. The number of nitrogens with zero attached hydrogens (tertiary/aromatic N) is 6. The van der Waals surface area contributed by atoms with Crippen molar-refractivity contribution in [1.29, 1.82) is 5.26 Å². The summed E-state index contributed by atoms with van der Waals surface area (Å²) >= 11 is 0. The van der Waals surface area contributed by atoms with E-state index in [-0.39, 0.29) is 41.9 Å². The zero-order valence-electron chi connectivity index (χ0n) is 22.6. The molecule has 9 nitrogen and oxygen atoms in total. The van der Waals surface area contributed by atoms with Gasteiger partial charge in [0, 0.05) is 43.8 Å². The molecular weight excluding hydrogens is 499 g/mol. The Morgan fingerprint density at radius 1 is 1.31 bits per heavy atom. The highest BCUT2D eigenvalue weighted by Gasteiger charge is 2.35.